The van der Waals surface area contributed by atoms with E-state index in [1.54, 1.807) is 36.4 Å². The SMILES string of the molecule is CCCCc1nc(Cl)c(COCc2ccccc2C(=O)O)n1Cc1ccc(-c2ccccc2C(=O)O)s1. The number of rotatable bonds is 12. The number of aromatic nitrogens is 2. The highest BCUT2D eigenvalue weighted by molar-refractivity contribution is 7.15. The number of benzene rings is 2. The summed E-state index contributed by atoms with van der Waals surface area (Å²) in [4.78, 5) is 29.7. The summed E-state index contributed by atoms with van der Waals surface area (Å²) in [6.07, 6.45) is 2.73. The first-order valence-corrected chi connectivity index (χ1v) is 13.1. The van der Waals surface area contributed by atoms with Gasteiger partial charge in [-0.3, -0.25) is 0 Å². The van der Waals surface area contributed by atoms with E-state index in [-0.39, 0.29) is 24.3 Å². The summed E-state index contributed by atoms with van der Waals surface area (Å²) >= 11 is 8.08. The van der Waals surface area contributed by atoms with Crippen LogP contribution in [-0.2, 0) is 30.9 Å². The Morgan fingerprint density at radius 1 is 0.973 bits per heavy atom. The van der Waals surface area contributed by atoms with Crippen molar-refractivity contribution >= 4 is 34.9 Å². The van der Waals surface area contributed by atoms with Gasteiger partial charge in [-0.1, -0.05) is 61.3 Å². The van der Waals surface area contributed by atoms with Crippen molar-refractivity contribution < 1.29 is 24.5 Å². The van der Waals surface area contributed by atoms with Gasteiger partial charge in [0.15, 0.2) is 5.15 Å². The van der Waals surface area contributed by atoms with Gasteiger partial charge in [0.05, 0.1) is 36.6 Å². The topological polar surface area (TPSA) is 102 Å². The molecule has 2 aromatic carbocycles. The second-order valence-corrected chi connectivity index (χ2v) is 10.1. The highest BCUT2D eigenvalue weighted by atomic mass is 35.5. The molecule has 192 valence electrons. The van der Waals surface area contributed by atoms with Gasteiger partial charge in [-0.15, -0.1) is 11.3 Å². The predicted octanol–water partition coefficient (Wildman–Crippen LogP) is 6.77. The molecule has 0 spiro atoms. The average molecular weight is 539 g/mol. The van der Waals surface area contributed by atoms with E-state index in [0.717, 1.165) is 40.5 Å². The Morgan fingerprint density at radius 3 is 2.41 bits per heavy atom. The highest BCUT2D eigenvalue weighted by Crippen LogP contribution is 2.32. The van der Waals surface area contributed by atoms with Crippen LogP contribution in [0.2, 0.25) is 5.15 Å². The molecule has 2 heterocycles. The molecule has 37 heavy (non-hydrogen) atoms. The van der Waals surface area contributed by atoms with E-state index >= 15 is 0 Å². The summed E-state index contributed by atoms with van der Waals surface area (Å²) in [6, 6.07) is 17.6. The summed E-state index contributed by atoms with van der Waals surface area (Å²) < 4.78 is 7.98. The molecule has 7 nitrogen and oxygen atoms in total. The number of hydrogen-bond donors (Lipinski definition) is 2. The number of thiophene rings is 1. The lowest BCUT2D eigenvalue weighted by Gasteiger charge is -2.12. The summed E-state index contributed by atoms with van der Waals surface area (Å²) in [5, 5.41) is 19.4. The molecule has 0 saturated heterocycles. The Hall–Kier alpha value is -3.46. The van der Waals surface area contributed by atoms with E-state index in [9.17, 15) is 19.8 Å². The number of carbonyl (C=O) groups is 2. The number of unbranched alkanes of at least 4 members (excludes halogenated alkanes) is 1. The fourth-order valence-electron chi connectivity index (χ4n) is 4.12. The van der Waals surface area contributed by atoms with Crippen LogP contribution >= 0.6 is 22.9 Å². The lowest BCUT2D eigenvalue weighted by Crippen LogP contribution is -2.10. The van der Waals surface area contributed by atoms with Crippen molar-refractivity contribution in [2.75, 3.05) is 0 Å². The molecule has 4 aromatic rings. The van der Waals surface area contributed by atoms with Gasteiger partial charge in [-0.2, -0.15) is 0 Å². The van der Waals surface area contributed by atoms with Crippen LogP contribution in [0.5, 0.6) is 0 Å². The zero-order valence-electron chi connectivity index (χ0n) is 20.3. The molecule has 4 rings (SSSR count). The van der Waals surface area contributed by atoms with Gasteiger partial charge in [-0.05, 0) is 36.2 Å². The fourth-order valence-corrected chi connectivity index (χ4v) is 5.41. The number of carboxylic acids is 2. The van der Waals surface area contributed by atoms with Crippen molar-refractivity contribution in [3.8, 4) is 10.4 Å². The molecule has 0 aliphatic heterocycles. The van der Waals surface area contributed by atoms with E-state index in [4.69, 9.17) is 16.3 Å². The van der Waals surface area contributed by atoms with E-state index in [2.05, 4.69) is 16.5 Å². The maximum absolute atomic E-state index is 11.7. The zero-order valence-corrected chi connectivity index (χ0v) is 21.9. The third kappa shape index (κ3) is 6.28. The lowest BCUT2D eigenvalue weighted by molar-refractivity contribution is 0.0677. The van der Waals surface area contributed by atoms with Crippen LogP contribution in [0.4, 0.5) is 0 Å². The Kier molecular flexibility index (Phi) is 8.76. The summed E-state index contributed by atoms with van der Waals surface area (Å²) in [6.45, 7) is 2.93. The standard InChI is InChI=1S/C28H27ClN2O5S/c1-2-3-12-25-30-26(29)23(17-36-16-18-8-4-5-9-20(18)27(32)33)31(25)15-19-13-14-24(37-19)21-10-6-7-11-22(21)28(34)35/h4-11,13-14H,2-3,12,15-17H2,1H3,(H,32,33)(H,34,35). The third-order valence-corrected chi connectivity index (χ3v) is 7.41. The van der Waals surface area contributed by atoms with Crippen molar-refractivity contribution in [3.05, 3.63) is 98.9 Å². The molecule has 0 unspecified atom stereocenters. The van der Waals surface area contributed by atoms with Gasteiger partial charge < -0.3 is 19.5 Å². The number of aryl methyl sites for hydroxylation is 1. The molecule has 2 aromatic heterocycles. The van der Waals surface area contributed by atoms with E-state index < -0.39 is 11.9 Å². The smallest absolute Gasteiger partial charge is 0.336 e. The molecule has 0 bridgehead atoms. The molecular formula is C28H27ClN2O5S. The molecule has 2 N–H and O–H groups in total. The van der Waals surface area contributed by atoms with Crippen LogP contribution in [-0.4, -0.2) is 31.7 Å². The van der Waals surface area contributed by atoms with Crippen LogP contribution in [0.25, 0.3) is 10.4 Å². The van der Waals surface area contributed by atoms with Crippen molar-refractivity contribution in [2.45, 2.75) is 45.9 Å². The number of ether oxygens (including phenoxy) is 1. The molecule has 0 radical (unpaired) electrons. The van der Waals surface area contributed by atoms with Gasteiger partial charge in [0.25, 0.3) is 0 Å². The summed E-state index contributed by atoms with van der Waals surface area (Å²) in [5.74, 6) is -1.10. The lowest BCUT2D eigenvalue weighted by atomic mass is 10.1. The minimum atomic E-state index is -0.998. The van der Waals surface area contributed by atoms with Crippen LogP contribution in [0.15, 0.2) is 60.7 Å². The fraction of sp³-hybridized carbons (Fsp3) is 0.250. The maximum Gasteiger partial charge on any atom is 0.336 e. The number of imidazole rings is 1. The normalized spacial score (nSPS) is 11.1. The molecule has 0 amide bonds. The number of carboxylic acid groups (broad SMARTS) is 2. The Morgan fingerprint density at radius 2 is 1.68 bits per heavy atom. The second kappa shape index (κ2) is 12.2. The molecule has 0 aliphatic carbocycles. The quantitative estimate of drug-likeness (QED) is 0.206. The first kappa shape index (κ1) is 26.6. The Bertz CT molecular complexity index is 1410. The van der Waals surface area contributed by atoms with E-state index in [0.29, 0.717) is 22.8 Å². The van der Waals surface area contributed by atoms with Gasteiger partial charge in [0.2, 0.25) is 0 Å². The van der Waals surface area contributed by atoms with Gasteiger partial charge >= 0.3 is 11.9 Å². The molecular weight excluding hydrogens is 512 g/mol. The van der Waals surface area contributed by atoms with Crippen molar-refractivity contribution in [3.63, 3.8) is 0 Å². The molecule has 0 aliphatic rings. The van der Waals surface area contributed by atoms with Crippen molar-refractivity contribution in [1.29, 1.82) is 0 Å². The predicted molar refractivity (Wildman–Crippen MR) is 144 cm³/mol. The van der Waals surface area contributed by atoms with Gasteiger partial charge in [0.1, 0.15) is 5.82 Å². The number of hydrogen-bond acceptors (Lipinski definition) is 5. The third-order valence-electron chi connectivity index (χ3n) is 6.00. The van der Waals surface area contributed by atoms with Gasteiger partial charge in [0, 0.05) is 21.7 Å². The number of aromatic carboxylic acids is 2. The summed E-state index contributed by atoms with van der Waals surface area (Å²) in [7, 11) is 0. The average Bonchev–Trinajstić information content (AvgIpc) is 3.47. The van der Waals surface area contributed by atoms with E-state index in [1.165, 1.54) is 11.3 Å². The van der Waals surface area contributed by atoms with Crippen molar-refractivity contribution in [2.24, 2.45) is 0 Å². The van der Waals surface area contributed by atoms with Crippen LogP contribution in [0.3, 0.4) is 0 Å². The molecule has 9 heteroatoms. The minimum Gasteiger partial charge on any atom is -0.478 e. The maximum atomic E-state index is 11.7. The van der Waals surface area contributed by atoms with Crippen LogP contribution < -0.4 is 0 Å². The zero-order chi connectivity index (χ0) is 26.4. The monoisotopic (exact) mass is 538 g/mol. The Balaban J connectivity index is 1.58. The van der Waals surface area contributed by atoms with Gasteiger partial charge in [-0.25, -0.2) is 14.6 Å². The number of nitrogens with zero attached hydrogens (tertiary/aromatic N) is 2. The molecule has 0 atom stereocenters. The second-order valence-electron chi connectivity index (χ2n) is 8.53. The van der Waals surface area contributed by atoms with Crippen molar-refractivity contribution in [1.82, 2.24) is 9.55 Å². The van der Waals surface area contributed by atoms with Crippen LogP contribution in [0, 0.1) is 0 Å². The first-order valence-electron chi connectivity index (χ1n) is 11.9. The largest absolute Gasteiger partial charge is 0.478 e. The first-order chi connectivity index (χ1) is 17.9. The highest BCUT2D eigenvalue weighted by Gasteiger charge is 2.19. The number of halogens is 1. The molecule has 0 saturated carbocycles. The summed E-state index contributed by atoms with van der Waals surface area (Å²) in [5.41, 5.74) is 2.46. The minimum absolute atomic E-state index is 0.128. The Labute approximate surface area is 223 Å². The molecule has 0 fully saturated rings. The van der Waals surface area contributed by atoms with Crippen LogP contribution in [0.1, 0.15) is 62.4 Å². The van der Waals surface area contributed by atoms with E-state index in [1.807, 2.05) is 24.3 Å².